The molecule has 0 saturated carbocycles. The molecule has 0 radical (unpaired) electrons. The van der Waals surface area contributed by atoms with Crippen LogP contribution in [0.15, 0.2) is 42.5 Å². The first-order valence-corrected chi connectivity index (χ1v) is 6.97. The van der Waals surface area contributed by atoms with E-state index < -0.39 is 15.9 Å². The fourth-order valence-electron chi connectivity index (χ4n) is 1.58. The van der Waals surface area contributed by atoms with Gasteiger partial charge in [0.2, 0.25) is 0 Å². The highest BCUT2D eigenvalue weighted by atomic mass is 32.2. The minimum atomic E-state index is -3.96. The predicted octanol–water partition coefficient (Wildman–Crippen LogP) is 1.63. The number of hydrogen-bond acceptors (Lipinski definition) is 4. The summed E-state index contributed by atoms with van der Waals surface area (Å²) >= 11 is 0. The number of hydroxylamine groups is 1. The number of hydrogen-bond donors (Lipinski definition) is 1. The Bertz CT molecular complexity index is 709. The number of fused-ring (bicyclic) bond motifs is 1. The van der Waals surface area contributed by atoms with Crippen molar-refractivity contribution in [2.24, 2.45) is 0 Å². The zero-order valence-corrected chi connectivity index (χ0v) is 10.4. The predicted molar refractivity (Wildman–Crippen MR) is 66.7 cm³/mol. The molecule has 18 heavy (non-hydrogen) atoms. The van der Waals surface area contributed by atoms with E-state index in [-0.39, 0.29) is 10.0 Å². The van der Waals surface area contributed by atoms with Gasteiger partial charge in [-0.2, -0.15) is 0 Å². The molecule has 5 nitrogen and oxygen atoms in total. The molecule has 6 heteroatoms. The second-order valence-electron chi connectivity index (χ2n) is 3.87. The summed E-state index contributed by atoms with van der Waals surface area (Å²) < 4.78 is 21.9. The SMILES string of the molecule is CS(=O)(=O)N(O)C(=O)c1ccc2ccccc2c1. The zero-order chi connectivity index (χ0) is 13.3. The van der Waals surface area contributed by atoms with E-state index in [9.17, 15) is 18.4 Å². The van der Waals surface area contributed by atoms with E-state index in [0.717, 1.165) is 17.0 Å². The quantitative estimate of drug-likeness (QED) is 0.661. The van der Waals surface area contributed by atoms with E-state index in [0.29, 0.717) is 0 Å². The molecule has 1 N–H and O–H groups in total. The first kappa shape index (κ1) is 12.5. The maximum absolute atomic E-state index is 11.7. The largest absolute Gasteiger partial charge is 0.291 e. The van der Waals surface area contributed by atoms with Crippen molar-refractivity contribution in [1.82, 2.24) is 4.47 Å². The summed E-state index contributed by atoms with van der Waals surface area (Å²) in [6.45, 7) is 0. The Balaban J connectivity index is 2.46. The third-order valence-electron chi connectivity index (χ3n) is 2.48. The van der Waals surface area contributed by atoms with E-state index in [4.69, 9.17) is 0 Å². The fraction of sp³-hybridized carbons (Fsp3) is 0.0833. The van der Waals surface area contributed by atoms with Crippen LogP contribution in [0.3, 0.4) is 0 Å². The molecule has 2 aromatic rings. The number of rotatable bonds is 2. The van der Waals surface area contributed by atoms with Gasteiger partial charge in [0.25, 0.3) is 15.9 Å². The highest BCUT2D eigenvalue weighted by Crippen LogP contribution is 2.17. The van der Waals surface area contributed by atoms with Crippen LogP contribution in [0.25, 0.3) is 10.8 Å². The van der Waals surface area contributed by atoms with Crippen LogP contribution < -0.4 is 0 Å². The lowest BCUT2D eigenvalue weighted by atomic mass is 10.1. The van der Waals surface area contributed by atoms with Crippen LogP contribution in [-0.4, -0.2) is 30.3 Å². The second-order valence-corrected chi connectivity index (χ2v) is 5.68. The summed E-state index contributed by atoms with van der Waals surface area (Å²) in [6.07, 6.45) is 0.756. The third-order valence-corrected chi connectivity index (χ3v) is 3.28. The van der Waals surface area contributed by atoms with Crippen molar-refractivity contribution in [3.8, 4) is 0 Å². The van der Waals surface area contributed by atoms with Gasteiger partial charge in [0.05, 0.1) is 6.26 Å². The minimum Gasteiger partial charge on any atom is -0.271 e. The van der Waals surface area contributed by atoms with Crippen molar-refractivity contribution in [2.75, 3.05) is 6.26 Å². The number of carbonyl (C=O) groups excluding carboxylic acids is 1. The van der Waals surface area contributed by atoms with Gasteiger partial charge < -0.3 is 0 Å². The van der Waals surface area contributed by atoms with Crippen LogP contribution in [0.2, 0.25) is 0 Å². The molecular formula is C12H11NO4S. The van der Waals surface area contributed by atoms with Gasteiger partial charge in [-0.05, 0) is 22.9 Å². The molecule has 0 aliphatic carbocycles. The number of sulfonamides is 1. The molecule has 0 aliphatic rings. The van der Waals surface area contributed by atoms with Crippen LogP contribution in [0.5, 0.6) is 0 Å². The molecule has 0 unspecified atom stereocenters. The third kappa shape index (κ3) is 2.34. The van der Waals surface area contributed by atoms with Crippen molar-refractivity contribution < 1.29 is 18.4 Å². The standard InChI is InChI=1S/C12H11NO4S/c1-18(16,17)13(15)12(14)11-7-6-9-4-2-3-5-10(9)8-11/h2-8,15H,1H3. The average molecular weight is 265 g/mol. The smallest absolute Gasteiger partial charge is 0.271 e. The van der Waals surface area contributed by atoms with Crippen LogP contribution >= 0.6 is 0 Å². The number of amides is 1. The Morgan fingerprint density at radius 1 is 1.11 bits per heavy atom. The molecule has 0 saturated heterocycles. The number of carbonyl (C=O) groups is 1. The van der Waals surface area contributed by atoms with Gasteiger partial charge in [-0.25, -0.2) is 8.42 Å². The Kier molecular flexibility index (Phi) is 3.06. The maximum Gasteiger partial charge on any atom is 0.291 e. The number of nitrogens with zero attached hydrogens (tertiary/aromatic N) is 1. The Morgan fingerprint density at radius 2 is 1.72 bits per heavy atom. The normalized spacial score (nSPS) is 11.4. The molecular weight excluding hydrogens is 254 g/mol. The lowest BCUT2D eigenvalue weighted by Crippen LogP contribution is -2.32. The molecule has 0 aliphatic heterocycles. The lowest BCUT2D eigenvalue weighted by Gasteiger charge is -2.12. The molecule has 0 aromatic heterocycles. The van der Waals surface area contributed by atoms with E-state index in [1.54, 1.807) is 12.1 Å². The molecule has 2 aromatic carbocycles. The molecule has 2 rings (SSSR count). The van der Waals surface area contributed by atoms with Crippen molar-refractivity contribution in [1.29, 1.82) is 0 Å². The summed E-state index contributed by atoms with van der Waals surface area (Å²) in [5.41, 5.74) is 0.113. The Hall–Kier alpha value is -1.92. The summed E-state index contributed by atoms with van der Waals surface area (Å²) in [4.78, 5) is 11.7. The van der Waals surface area contributed by atoms with Crippen LogP contribution in [0.1, 0.15) is 10.4 Å². The molecule has 94 valence electrons. The molecule has 1 amide bonds. The van der Waals surface area contributed by atoms with Gasteiger partial charge in [0, 0.05) is 5.56 Å². The first-order chi connectivity index (χ1) is 8.39. The van der Waals surface area contributed by atoms with E-state index in [1.807, 2.05) is 18.2 Å². The monoisotopic (exact) mass is 265 g/mol. The van der Waals surface area contributed by atoms with Gasteiger partial charge in [0.1, 0.15) is 0 Å². The first-order valence-electron chi connectivity index (χ1n) is 5.12. The van der Waals surface area contributed by atoms with E-state index in [2.05, 4.69) is 0 Å². The van der Waals surface area contributed by atoms with Gasteiger partial charge in [-0.15, -0.1) is 4.47 Å². The highest BCUT2D eigenvalue weighted by molar-refractivity contribution is 7.88. The minimum absolute atomic E-state index is 0.113. The summed E-state index contributed by atoms with van der Waals surface area (Å²) in [5, 5.41) is 11.0. The van der Waals surface area contributed by atoms with Crippen molar-refractivity contribution in [2.45, 2.75) is 0 Å². The summed E-state index contributed by atoms with van der Waals surface area (Å²) in [5.74, 6) is -0.969. The fourth-order valence-corrected chi connectivity index (χ4v) is 1.99. The van der Waals surface area contributed by atoms with Crippen molar-refractivity contribution in [3.05, 3.63) is 48.0 Å². The molecule has 0 spiro atoms. The van der Waals surface area contributed by atoms with E-state index in [1.165, 1.54) is 12.1 Å². The second kappa shape index (κ2) is 4.40. The van der Waals surface area contributed by atoms with E-state index >= 15 is 0 Å². The molecule has 0 fully saturated rings. The average Bonchev–Trinajstić information content (AvgIpc) is 2.35. The molecule has 0 bridgehead atoms. The Labute approximate surface area is 104 Å². The van der Waals surface area contributed by atoms with Gasteiger partial charge >= 0.3 is 0 Å². The lowest BCUT2D eigenvalue weighted by molar-refractivity contribution is 0.00846. The van der Waals surface area contributed by atoms with Crippen molar-refractivity contribution >= 4 is 26.7 Å². The van der Waals surface area contributed by atoms with Crippen LogP contribution in [-0.2, 0) is 10.0 Å². The topological polar surface area (TPSA) is 74.7 Å². The maximum atomic E-state index is 11.7. The Morgan fingerprint density at radius 3 is 2.33 bits per heavy atom. The molecule has 0 heterocycles. The molecule has 0 atom stereocenters. The van der Waals surface area contributed by atoms with Crippen LogP contribution in [0.4, 0.5) is 0 Å². The van der Waals surface area contributed by atoms with Gasteiger partial charge in [-0.3, -0.25) is 10.0 Å². The summed E-state index contributed by atoms with van der Waals surface area (Å²) in [6, 6.07) is 12.0. The van der Waals surface area contributed by atoms with Gasteiger partial charge in [-0.1, -0.05) is 30.3 Å². The summed E-state index contributed by atoms with van der Waals surface area (Å²) in [7, 11) is -3.96. The van der Waals surface area contributed by atoms with Crippen LogP contribution in [0, 0.1) is 0 Å². The van der Waals surface area contributed by atoms with Crippen molar-refractivity contribution in [3.63, 3.8) is 0 Å². The van der Waals surface area contributed by atoms with Gasteiger partial charge in [0.15, 0.2) is 0 Å². The highest BCUT2D eigenvalue weighted by Gasteiger charge is 2.22. The zero-order valence-electron chi connectivity index (χ0n) is 9.57. The number of benzene rings is 2.